The molecule has 0 saturated carbocycles. The summed E-state index contributed by atoms with van der Waals surface area (Å²) in [6, 6.07) is 14.0. The second kappa shape index (κ2) is 3.94. The quantitative estimate of drug-likeness (QED) is 0.725. The van der Waals surface area contributed by atoms with Crippen molar-refractivity contribution < 1.29 is 4.74 Å². The molecule has 3 nitrogen and oxygen atoms in total. The molecule has 0 unspecified atom stereocenters. The fraction of sp³-hybridized carbons (Fsp3) is 0.0714. The first-order valence-corrected chi connectivity index (χ1v) is 5.45. The lowest BCUT2D eigenvalue weighted by atomic mass is 10.2. The van der Waals surface area contributed by atoms with Crippen molar-refractivity contribution in [1.29, 1.82) is 0 Å². The van der Waals surface area contributed by atoms with Gasteiger partial charge in [0.15, 0.2) is 0 Å². The van der Waals surface area contributed by atoms with E-state index in [0.717, 1.165) is 22.7 Å². The van der Waals surface area contributed by atoms with Gasteiger partial charge in [-0.1, -0.05) is 18.2 Å². The molecule has 0 aliphatic heterocycles. The van der Waals surface area contributed by atoms with Gasteiger partial charge >= 0.3 is 0 Å². The molecule has 0 atom stereocenters. The molecule has 0 amide bonds. The molecule has 0 aliphatic carbocycles. The normalized spacial score (nSPS) is 10.6. The van der Waals surface area contributed by atoms with Crippen LogP contribution in [0.4, 0.5) is 0 Å². The Morgan fingerprint density at radius 1 is 1.12 bits per heavy atom. The Balaban J connectivity index is 2.20. The molecule has 0 radical (unpaired) electrons. The van der Waals surface area contributed by atoms with Gasteiger partial charge in [-0.25, -0.2) is 0 Å². The molecule has 2 heterocycles. The lowest BCUT2D eigenvalue weighted by Gasteiger charge is -2.04. The molecule has 0 aliphatic rings. The van der Waals surface area contributed by atoms with Crippen LogP contribution in [0.1, 0.15) is 0 Å². The van der Waals surface area contributed by atoms with Gasteiger partial charge in [-0.15, -0.1) is 0 Å². The second-order valence-electron chi connectivity index (χ2n) is 3.82. The summed E-state index contributed by atoms with van der Waals surface area (Å²) in [4.78, 5) is 7.70. The van der Waals surface area contributed by atoms with Crippen molar-refractivity contribution in [2.75, 3.05) is 7.11 Å². The van der Waals surface area contributed by atoms with E-state index in [-0.39, 0.29) is 0 Å². The average molecular weight is 224 g/mol. The molecule has 84 valence electrons. The van der Waals surface area contributed by atoms with Gasteiger partial charge in [0.1, 0.15) is 11.4 Å². The van der Waals surface area contributed by atoms with Crippen LogP contribution in [0.25, 0.3) is 22.3 Å². The lowest BCUT2D eigenvalue weighted by molar-refractivity contribution is 0.414. The molecule has 0 fully saturated rings. The number of H-pyrrole nitrogens is 1. The van der Waals surface area contributed by atoms with E-state index in [1.54, 1.807) is 13.3 Å². The SMILES string of the molecule is COc1cccnc1-c1cc2ccccc2[nH]1. The number of nitrogens with one attached hydrogen (secondary N) is 1. The maximum absolute atomic E-state index is 5.31. The summed E-state index contributed by atoms with van der Waals surface area (Å²) in [6.45, 7) is 0. The van der Waals surface area contributed by atoms with E-state index < -0.39 is 0 Å². The third kappa shape index (κ3) is 1.65. The fourth-order valence-corrected chi connectivity index (χ4v) is 1.96. The van der Waals surface area contributed by atoms with Crippen LogP contribution in [-0.4, -0.2) is 17.1 Å². The van der Waals surface area contributed by atoms with Gasteiger partial charge in [0.05, 0.1) is 12.8 Å². The third-order valence-corrected chi connectivity index (χ3v) is 2.78. The summed E-state index contributed by atoms with van der Waals surface area (Å²) in [5, 5.41) is 1.18. The summed E-state index contributed by atoms with van der Waals surface area (Å²) in [5.74, 6) is 0.777. The second-order valence-corrected chi connectivity index (χ2v) is 3.82. The molecule has 3 aromatic rings. The minimum absolute atomic E-state index is 0.777. The Hall–Kier alpha value is -2.29. The van der Waals surface area contributed by atoms with Gasteiger partial charge in [0.2, 0.25) is 0 Å². The van der Waals surface area contributed by atoms with Gasteiger partial charge in [-0.05, 0) is 24.3 Å². The number of benzene rings is 1. The number of pyridine rings is 1. The topological polar surface area (TPSA) is 37.9 Å². The van der Waals surface area contributed by atoms with Crippen LogP contribution < -0.4 is 4.74 Å². The standard InChI is InChI=1S/C14H12N2O/c1-17-13-7-4-8-15-14(13)12-9-10-5-2-3-6-11(10)16-12/h2-9,16H,1H3. The van der Waals surface area contributed by atoms with Crippen LogP contribution in [0.5, 0.6) is 5.75 Å². The van der Waals surface area contributed by atoms with Crippen LogP contribution in [0.2, 0.25) is 0 Å². The summed E-state index contributed by atoms with van der Waals surface area (Å²) in [5.41, 5.74) is 2.92. The highest BCUT2D eigenvalue weighted by Crippen LogP contribution is 2.29. The van der Waals surface area contributed by atoms with Crippen molar-refractivity contribution in [3.8, 4) is 17.1 Å². The van der Waals surface area contributed by atoms with E-state index in [4.69, 9.17) is 4.74 Å². The smallest absolute Gasteiger partial charge is 0.146 e. The first kappa shape index (κ1) is 9.90. The van der Waals surface area contributed by atoms with Gasteiger partial charge in [0, 0.05) is 17.1 Å². The van der Waals surface area contributed by atoms with E-state index >= 15 is 0 Å². The average Bonchev–Trinajstić information content (AvgIpc) is 2.82. The zero-order chi connectivity index (χ0) is 11.7. The monoisotopic (exact) mass is 224 g/mol. The fourth-order valence-electron chi connectivity index (χ4n) is 1.96. The van der Waals surface area contributed by atoms with Crippen LogP contribution in [0, 0.1) is 0 Å². The number of ether oxygens (including phenoxy) is 1. The predicted molar refractivity (Wildman–Crippen MR) is 68.1 cm³/mol. The van der Waals surface area contributed by atoms with Gasteiger partial charge in [0.25, 0.3) is 0 Å². The Kier molecular flexibility index (Phi) is 2.29. The number of hydrogen-bond acceptors (Lipinski definition) is 2. The highest BCUT2D eigenvalue weighted by Gasteiger charge is 2.09. The van der Waals surface area contributed by atoms with Gasteiger partial charge in [-0.3, -0.25) is 4.98 Å². The Bertz CT molecular complexity index is 625. The zero-order valence-corrected chi connectivity index (χ0v) is 9.47. The Labute approximate surface area is 99.1 Å². The molecule has 1 aromatic carbocycles. The molecule has 0 spiro atoms. The molecule has 17 heavy (non-hydrogen) atoms. The van der Waals surface area contributed by atoms with Crippen LogP contribution in [-0.2, 0) is 0 Å². The third-order valence-electron chi connectivity index (χ3n) is 2.78. The number of fused-ring (bicyclic) bond motifs is 1. The van der Waals surface area contributed by atoms with Crippen LogP contribution in [0.15, 0.2) is 48.7 Å². The number of aromatic nitrogens is 2. The molecule has 3 rings (SSSR count). The molecule has 2 aromatic heterocycles. The Morgan fingerprint density at radius 3 is 2.82 bits per heavy atom. The van der Waals surface area contributed by atoms with Crippen LogP contribution >= 0.6 is 0 Å². The van der Waals surface area contributed by atoms with Gasteiger partial charge < -0.3 is 9.72 Å². The molecular weight excluding hydrogens is 212 g/mol. The first-order valence-electron chi connectivity index (χ1n) is 5.45. The van der Waals surface area contributed by atoms with E-state index in [2.05, 4.69) is 22.1 Å². The number of hydrogen-bond donors (Lipinski definition) is 1. The molecular formula is C14H12N2O. The van der Waals surface area contributed by atoms with E-state index in [1.807, 2.05) is 30.3 Å². The van der Waals surface area contributed by atoms with E-state index in [0.29, 0.717) is 0 Å². The van der Waals surface area contributed by atoms with Crippen molar-refractivity contribution in [1.82, 2.24) is 9.97 Å². The van der Waals surface area contributed by atoms with Crippen molar-refractivity contribution in [3.05, 3.63) is 48.7 Å². The van der Waals surface area contributed by atoms with Crippen LogP contribution in [0.3, 0.4) is 0 Å². The minimum atomic E-state index is 0.777. The molecule has 0 bridgehead atoms. The maximum Gasteiger partial charge on any atom is 0.146 e. The van der Waals surface area contributed by atoms with E-state index in [9.17, 15) is 0 Å². The summed E-state index contributed by atoms with van der Waals surface area (Å²) in [6.07, 6.45) is 1.77. The lowest BCUT2D eigenvalue weighted by Crippen LogP contribution is -1.90. The number of para-hydroxylation sites is 1. The van der Waals surface area contributed by atoms with Crippen molar-refractivity contribution in [2.24, 2.45) is 0 Å². The number of rotatable bonds is 2. The highest BCUT2D eigenvalue weighted by atomic mass is 16.5. The van der Waals surface area contributed by atoms with Crippen molar-refractivity contribution in [3.63, 3.8) is 0 Å². The summed E-state index contributed by atoms with van der Waals surface area (Å²) >= 11 is 0. The van der Waals surface area contributed by atoms with Crippen molar-refractivity contribution >= 4 is 10.9 Å². The number of methoxy groups -OCH3 is 1. The molecule has 3 heteroatoms. The largest absolute Gasteiger partial charge is 0.494 e. The predicted octanol–water partition coefficient (Wildman–Crippen LogP) is 3.24. The molecule has 0 saturated heterocycles. The van der Waals surface area contributed by atoms with E-state index in [1.165, 1.54) is 5.39 Å². The summed E-state index contributed by atoms with van der Waals surface area (Å²) in [7, 11) is 1.66. The zero-order valence-electron chi connectivity index (χ0n) is 9.47. The Morgan fingerprint density at radius 2 is 2.00 bits per heavy atom. The van der Waals surface area contributed by atoms with Crippen molar-refractivity contribution in [2.45, 2.75) is 0 Å². The highest BCUT2D eigenvalue weighted by molar-refractivity contribution is 5.86. The first-order chi connectivity index (χ1) is 8.38. The molecule has 1 N–H and O–H groups in total. The maximum atomic E-state index is 5.31. The number of nitrogens with zero attached hydrogens (tertiary/aromatic N) is 1. The van der Waals surface area contributed by atoms with Gasteiger partial charge in [-0.2, -0.15) is 0 Å². The minimum Gasteiger partial charge on any atom is -0.494 e. The summed E-state index contributed by atoms with van der Waals surface area (Å²) < 4.78 is 5.31. The number of aromatic amines is 1.